The monoisotopic (exact) mass is 277 g/mol. The van der Waals surface area contributed by atoms with Gasteiger partial charge in [0.25, 0.3) is 0 Å². The van der Waals surface area contributed by atoms with Crippen molar-refractivity contribution in [3.05, 3.63) is 29.3 Å². The first-order chi connectivity index (χ1) is 9.52. The van der Waals surface area contributed by atoms with E-state index in [4.69, 9.17) is 4.74 Å². The zero-order valence-corrected chi connectivity index (χ0v) is 12.9. The Balaban J connectivity index is 1.67. The number of hydrogen-bond donors (Lipinski definition) is 2. The molecule has 0 saturated heterocycles. The summed E-state index contributed by atoms with van der Waals surface area (Å²) in [5.74, 6) is 1.76. The molecule has 0 spiro atoms. The van der Waals surface area contributed by atoms with Crippen LogP contribution in [0.25, 0.3) is 0 Å². The van der Waals surface area contributed by atoms with Gasteiger partial charge in [-0.3, -0.25) is 0 Å². The minimum atomic E-state index is -0.461. The largest absolute Gasteiger partial charge is 0.491 e. The van der Waals surface area contributed by atoms with Gasteiger partial charge in [-0.2, -0.15) is 0 Å². The first-order valence-corrected chi connectivity index (χ1v) is 7.65. The molecule has 1 aromatic rings. The van der Waals surface area contributed by atoms with Crippen LogP contribution in [0.15, 0.2) is 18.2 Å². The Morgan fingerprint density at radius 2 is 1.90 bits per heavy atom. The molecule has 3 nitrogen and oxygen atoms in total. The van der Waals surface area contributed by atoms with Crippen molar-refractivity contribution in [3.63, 3.8) is 0 Å². The number of hydrogen-bond acceptors (Lipinski definition) is 3. The van der Waals surface area contributed by atoms with E-state index >= 15 is 0 Å². The lowest BCUT2D eigenvalue weighted by Gasteiger charge is -2.17. The van der Waals surface area contributed by atoms with Gasteiger partial charge >= 0.3 is 0 Å². The molecule has 3 heteroatoms. The van der Waals surface area contributed by atoms with Crippen molar-refractivity contribution in [2.24, 2.45) is 5.92 Å². The summed E-state index contributed by atoms with van der Waals surface area (Å²) in [4.78, 5) is 0. The fraction of sp³-hybridized carbons (Fsp3) is 0.647. The van der Waals surface area contributed by atoms with Crippen molar-refractivity contribution in [2.75, 3.05) is 13.2 Å². The molecule has 2 atom stereocenters. The highest BCUT2D eigenvalue weighted by Crippen LogP contribution is 2.33. The van der Waals surface area contributed by atoms with Crippen LogP contribution in [-0.2, 0) is 0 Å². The molecule has 1 aromatic carbocycles. The lowest BCUT2D eigenvalue weighted by Crippen LogP contribution is -2.36. The molecule has 0 amide bonds. The second-order valence-electron chi connectivity index (χ2n) is 6.28. The highest BCUT2D eigenvalue weighted by Gasteiger charge is 2.23. The summed E-state index contributed by atoms with van der Waals surface area (Å²) >= 11 is 0. The van der Waals surface area contributed by atoms with E-state index in [-0.39, 0.29) is 0 Å². The van der Waals surface area contributed by atoms with Crippen LogP contribution in [-0.4, -0.2) is 30.4 Å². The maximum Gasteiger partial charge on any atom is 0.119 e. The van der Waals surface area contributed by atoms with E-state index in [1.54, 1.807) is 0 Å². The average molecular weight is 277 g/mol. The molecule has 1 fully saturated rings. The van der Waals surface area contributed by atoms with Gasteiger partial charge in [0.1, 0.15) is 18.5 Å². The van der Waals surface area contributed by atoms with Crippen molar-refractivity contribution in [1.82, 2.24) is 5.32 Å². The van der Waals surface area contributed by atoms with E-state index in [0.717, 1.165) is 11.7 Å². The summed E-state index contributed by atoms with van der Waals surface area (Å²) in [6.45, 7) is 7.23. The molecular formula is C17H27NO2. The number of aryl methyl sites for hydroxylation is 2. The van der Waals surface area contributed by atoms with E-state index < -0.39 is 6.10 Å². The number of benzene rings is 1. The number of ether oxygens (including phenoxy) is 1. The molecule has 2 unspecified atom stereocenters. The lowest BCUT2D eigenvalue weighted by molar-refractivity contribution is 0.103. The van der Waals surface area contributed by atoms with Crippen molar-refractivity contribution >= 4 is 0 Å². The maximum atomic E-state index is 9.96. The summed E-state index contributed by atoms with van der Waals surface area (Å²) < 4.78 is 5.67. The van der Waals surface area contributed by atoms with Gasteiger partial charge in [-0.25, -0.2) is 0 Å². The van der Waals surface area contributed by atoms with Gasteiger partial charge in [0.15, 0.2) is 0 Å². The number of aliphatic hydroxyl groups excluding tert-OH is 1. The van der Waals surface area contributed by atoms with Crippen molar-refractivity contribution in [3.8, 4) is 5.75 Å². The SMILES string of the molecule is Cc1cc(C)cc(OCC(O)CNC(C)CC2CC2)c1. The Bertz CT molecular complexity index is 409. The molecule has 2 N–H and O–H groups in total. The minimum Gasteiger partial charge on any atom is -0.491 e. The molecule has 0 aliphatic heterocycles. The molecule has 0 bridgehead atoms. The highest BCUT2D eigenvalue weighted by atomic mass is 16.5. The van der Waals surface area contributed by atoms with Gasteiger partial charge in [-0.05, 0) is 56.4 Å². The Kier molecular flexibility index (Phi) is 5.44. The van der Waals surface area contributed by atoms with Crippen LogP contribution in [0.1, 0.15) is 37.3 Å². The molecule has 1 aliphatic rings. The van der Waals surface area contributed by atoms with Gasteiger partial charge < -0.3 is 15.2 Å². The van der Waals surface area contributed by atoms with E-state index in [2.05, 4.69) is 32.2 Å². The quantitative estimate of drug-likeness (QED) is 0.768. The maximum absolute atomic E-state index is 9.96. The average Bonchev–Trinajstić information content (AvgIpc) is 3.16. The number of nitrogens with one attached hydrogen (secondary N) is 1. The highest BCUT2D eigenvalue weighted by molar-refractivity contribution is 5.32. The van der Waals surface area contributed by atoms with Crippen molar-refractivity contribution < 1.29 is 9.84 Å². The molecule has 0 heterocycles. The minimum absolute atomic E-state index is 0.339. The van der Waals surface area contributed by atoms with Gasteiger partial charge in [0.05, 0.1) is 0 Å². The van der Waals surface area contributed by atoms with Crippen LogP contribution in [0.2, 0.25) is 0 Å². The second kappa shape index (κ2) is 7.09. The first-order valence-electron chi connectivity index (χ1n) is 7.65. The van der Waals surface area contributed by atoms with Crippen molar-refractivity contribution in [1.29, 1.82) is 0 Å². The van der Waals surface area contributed by atoms with Gasteiger partial charge in [0, 0.05) is 12.6 Å². The van der Waals surface area contributed by atoms with Crippen LogP contribution in [0.3, 0.4) is 0 Å². The summed E-state index contributed by atoms with van der Waals surface area (Å²) in [5.41, 5.74) is 2.37. The van der Waals surface area contributed by atoms with Gasteiger partial charge in [-0.15, -0.1) is 0 Å². The fourth-order valence-electron chi connectivity index (χ4n) is 2.54. The van der Waals surface area contributed by atoms with Crippen LogP contribution in [0, 0.1) is 19.8 Å². The Morgan fingerprint density at radius 3 is 2.50 bits per heavy atom. The molecule has 1 aliphatic carbocycles. The molecule has 20 heavy (non-hydrogen) atoms. The molecule has 0 radical (unpaired) electrons. The Labute approximate surface area is 122 Å². The van der Waals surface area contributed by atoms with Crippen LogP contribution in [0.5, 0.6) is 5.75 Å². The summed E-state index contributed by atoms with van der Waals surface area (Å²) in [6, 6.07) is 6.61. The Morgan fingerprint density at radius 1 is 1.25 bits per heavy atom. The first kappa shape index (κ1) is 15.3. The molecule has 112 valence electrons. The molecule has 0 aromatic heterocycles. The molecule has 1 saturated carbocycles. The predicted octanol–water partition coefficient (Wildman–Crippen LogP) is 2.82. The third-order valence-corrected chi connectivity index (χ3v) is 3.72. The standard InChI is InChI=1S/C17H27NO2/c1-12-6-13(2)8-17(7-12)20-11-16(19)10-18-14(3)9-15-4-5-15/h6-8,14-16,18-19H,4-5,9-11H2,1-3H3. The van der Waals surface area contributed by atoms with Crippen LogP contribution >= 0.6 is 0 Å². The lowest BCUT2D eigenvalue weighted by atomic mass is 10.1. The van der Waals surface area contributed by atoms with Crippen LogP contribution < -0.4 is 10.1 Å². The van der Waals surface area contributed by atoms with Gasteiger partial charge in [-0.1, -0.05) is 18.9 Å². The zero-order valence-electron chi connectivity index (χ0n) is 12.9. The topological polar surface area (TPSA) is 41.5 Å². The third-order valence-electron chi connectivity index (χ3n) is 3.72. The second-order valence-corrected chi connectivity index (χ2v) is 6.28. The third kappa shape index (κ3) is 5.51. The van der Waals surface area contributed by atoms with Crippen molar-refractivity contribution in [2.45, 2.75) is 52.2 Å². The van der Waals surface area contributed by atoms with Gasteiger partial charge in [0.2, 0.25) is 0 Å². The van der Waals surface area contributed by atoms with E-state index in [9.17, 15) is 5.11 Å². The smallest absolute Gasteiger partial charge is 0.119 e. The van der Waals surface area contributed by atoms with E-state index in [1.807, 2.05) is 12.1 Å². The number of aliphatic hydroxyl groups is 1. The van der Waals surface area contributed by atoms with Crippen LogP contribution in [0.4, 0.5) is 0 Å². The zero-order chi connectivity index (χ0) is 14.5. The summed E-state index contributed by atoms with van der Waals surface area (Å²) in [5, 5.41) is 13.3. The number of rotatable bonds is 8. The summed E-state index contributed by atoms with van der Waals surface area (Å²) in [7, 11) is 0. The Hall–Kier alpha value is -1.06. The molecular weight excluding hydrogens is 250 g/mol. The fourth-order valence-corrected chi connectivity index (χ4v) is 2.54. The van der Waals surface area contributed by atoms with E-state index in [0.29, 0.717) is 19.2 Å². The predicted molar refractivity (Wildman–Crippen MR) is 82.2 cm³/mol. The summed E-state index contributed by atoms with van der Waals surface area (Å²) in [6.07, 6.45) is 3.52. The molecule has 2 rings (SSSR count). The van der Waals surface area contributed by atoms with E-state index in [1.165, 1.54) is 30.4 Å². The normalized spacial score (nSPS) is 17.8.